The topological polar surface area (TPSA) is 102 Å². The lowest BCUT2D eigenvalue weighted by Crippen LogP contribution is -2.36. The lowest BCUT2D eigenvalue weighted by molar-refractivity contribution is -0.128. The Balaban J connectivity index is 1.84. The van der Waals surface area contributed by atoms with E-state index < -0.39 is 12.0 Å². The Morgan fingerprint density at radius 2 is 1.92 bits per heavy atom. The molecule has 26 heavy (non-hydrogen) atoms. The molecule has 1 aromatic carbocycles. The van der Waals surface area contributed by atoms with Gasteiger partial charge in [0.25, 0.3) is 0 Å². The van der Waals surface area contributed by atoms with Gasteiger partial charge in [0, 0.05) is 29.7 Å². The highest BCUT2D eigenvalue weighted by Gasteiger charge is 2.30. The summed E-state index contributed by atoms with van der Waals surface area (Å²) in [5.74, 6) is -1.33. The van der Waals surface area contributed by atoms with Crippen molar-refractivity contribution in [2.24, 2.45) is 5.92 Å². The molecule has 8 heteroatoms. The van der Waals surface area contributed by atoms with E-state index in [0.717, 1.165) is 0 Å². The molecule has 1 saturated heterocycles. The van der Waals surface area contributed by atoms with Crippen LogP contribution in [0.4, 0.5) is 0 Å². The van der Waals surface area contributed by atoms with Crippen LogP contribution in [0.25, 0.3) is 11.3 Å². The van der Waals surface area contributed by atoms with Crippen LogP contribution >= 0.6 is 11.6 Å². The maximum atomic E-state index is 12.4. The van der Waals surface area contributed by atoms with Gasteiger partial charge in [-0.25, -0.2) is 4.79 Å². The van der Waals surface area contributed by atoms with Crippen LogP contribution in [0.2, 0.25) is 5.02 Å². The van der Waals surface area contributed by atoms with E-state index >= 15 is 0 Å². The summed E-state index contributed by atoms with van der Waals surface area (Å²) in [6.45, 7) is 2.78. The molecular formula is C18H19ClN2O5. The number of carboxylic acids is 1. The Hall–Kier alpha value is -2.38. The first-order chi connectivity index (χ1) is 12.5. The van der Waals surface area contributed by atoms with Crippen LogP contribution in [0, 0.1) is 5.92 Å². The van der Waals surface area contributed by atoms with Crippen molar-refractivity contribution < 1.29 is 24.0 Å². The summed E-state index contributed by atoms with van der Waals surface area (Å²) < 4.78 is 10.5. The summed E-state index contributed by atoms with van der Waals surface area (Å²) in [6.07, 6.45) is 1.30. The lowest BCUT2D eigenvalue weighted by Gasteiger charge is -2.22. The number of nitrogens with zero attached hydrogens (tertiary/aromatic N) is 1. The first-order valence-electron chi connectivity index (χ1n) is 8.34. The molecule has 1 atom stereocenters. The average molecular weight is 379 g/mol. The minimum Gasteiger partial charge on any atom is -0.477 e. The van der Waals surface area contributed by atoms with Gasteiger partial charge in [-0.3, -0.25) is 4.79 Å². The Morgan fingerprint density at radius 1 is 1.27 bits per heavy atom. The van der Waals surface area contributed by atoms with Crippen molar-refractivity contribution in [1.29, 1.82) is 0 Å². The van der Waals surface area contributed by atoms with Crippen LogP contribution in [-0.4, -0.2) is 35.4 Å². The fourth-order valence-corrected chi connectivity index (χ4v) is 3.09. The van der Waals surface area contributed by atoms with E-state index in [9.17, 15) is 14.7 Å². The summed E-state index contributed by atoms with van der Waals surface area (Å²) in [7, 11) is 0. The second-order valence-corrected chi connectivity index (χ2v) is 6.64. The standard InChI is InChI=1S/C18H19ClN2O5/c1-10(20-17(22)12-6-8-25-9-7-12)16-14(18(23)24)15(21-26-16)11-2-4-13(19)5-3-11/h2-5,10,12H,6-9H2,1H3,(H,20,22)(H,23,24). The first-order valence-corrected chi connectivity index (χ1v) is 8.72. The van der Waals surface area contributed by atoms with E-state index in [4.69, 9.17) is 20.9 Å². The van der Waals surface area contributed by atoms with E-state index in [-0.39, 0.29) is 28.8 Å². The van der Waals surface area contributed by atoms with Crippen molar-refractivity contribution in [3.8, 4) is 11.3 Å². The molecule has 1 aliphatic heterocycles. The van der Waals surface area contributed by atoms with Crippen molar-refractivity contribution in [1.82, 2.24) is 10.5 Å². The second-order valence-electron chi connectivity index (χ2n) is 6.20. The first kappa shape index (κ1) is 18.4. The summed E-state index contributed by atoms with van der Waals surface area (Å²) >= 11 is 5.87. The maximum Gasteiger partial charge on any atom is 0.341 e. The van der Waals surface area contributed by atoms with Crippen LogP contribution in [0.5, 0.6) is 0 Å². The molecule has 1 amide bonds. The summed E-state index contributed by atoms with van der Waals surface area (Å²) in [6, 6.07) is 6.01. The largest absolute Gasteiger partial charge is 0.477 e. The van der Waals surface area contributed by atoms with Crippen LogP contribution < -0.4 is 5.32 Å². The minimum absolute atomic E-state index is 0.0629. The van der Waals surface area contributed by atoms with Crippen molar-refractivity contribution in [3.05, 3.63) is 40.6 Å². The predicted octanol–water partition coefficient (Wildman–Crippen LogP) is 3.30. The second kappa shape index (κ2) is 7.88. The van der Waals surface area contributed by atoms with Crippen LogP contribution in [0.3, 0.4) is 0 Å². The molecule has 2 N–H and O–H groups in total. The van der Waals surface area contributed by atoms with Gasteiger partial charge >= 0.3 is 5.97 Å². The van der Waals surface area contributed by atoms with Gasteiger partial charge in [-0.05, 0) is 31.9 Å². The fourth-order valence-electron chi connectivity index (χ4n) is 2.97. The van der Waals surface area contributed by atoms with Crippen LogP contribution in [0.1, 0.15) is 41.9 Å². The van der Waals surface area contributed by atoms with E-state index in [2.05, 4.69) is 10.5 Å². The molecule has 1 unspecified atom stereocenters. The number of amides is 1. The summed E-state index contributed by atoms with van der Waals surface area (Å²) in [5.41, 5.74) is 0.716. The Bertz CT molecular complexity index is 796. The Morgan fingerprint density at radius 3 is 2.54 bits per heavy atom. The zero-order chi connectivity index (χ0) is 18.7. The number of carboxylic acid groups (broad SMARTS) is 1. The number of carbonyl (C=O) groups is 2. The molecule has 138 valence electrons. The number of rotatable bonds is 5. The molecule has 3 rings (SSSR count). The van der Waals surface area contributed by atoms with Crippen molar-refractivity contribution in [2.75, 3.05) is 13.2 Å². The number of carbonyl (C=O) groups excluding carboxylic acids is 1. The van der Waals surface area contributed by atoms with Gasteiger partial charge in [0.15, 0.2) is 5.76 Å². The number of nitrogens with one attached hydrogen (secondary N) is 1. The molecule has 2 aromatic rings. The predicted molar refractivity (Wildman–Crippen MR) is 94.0 cm³/mol. The number of halogens is 1. The highest BCUT2D eigenvalue weighted by molar-refractivity contribution is 6.30. The van der Waals surface area contributed by atoms with E-state index in [1.807, 2.05) is 0 Å². The zero-order valence-corrected chi connectivity index (χ0v) is 15.0. The van der Waals surface area contributed by atoms with Gasteiger partial charge in [-0.15, -0.1) is 0 Å². The molecule has 0 spiro atoms. The summed E-state index contributed by atoms with van der Waals surface area (Å²) in [5, 5.41) is 16.9. The SMILES string of the molecule is CC(NC(=O)C1CCOCC1)c1onc(-c2ccc(Cl)cc2)c1C(=O)O. The third-order valence-corrected chi connectivity index (χ3v) is 4.65. The monoisotopic (exact) mass is 378 g/mol. The molecule has 1 aliphatic rings. The maximum absolute atomic E-state index is 12.4. The number of hydrogen-bond acceptors (Lipinski definition) is 5. The third-order valence-electron chi connectivity index (χ3n) is 4.39. The van der Waals surface area contributed by atoms with Crippen LogP contribution in [-0.2, 0) is 9.53 Å². The van der Waals surface area contributed by atoms with Crippen molar-refractivity contribution >= 4 is 23.5 Å². The van der Waals surface area contributed by atoms with Crippen molar-refractivity contribution in [3.63, 3.8) is 0 Å². The average Bonchev–Trinajstić information content (AvgIpc) is 3.08. The fraction of sp³-hybridized carbons (Fsp3) is 0.389. The molecule has 0 bridgehead atoms. The number of hydrogen-bond donors (Lipinski definition) is 2. The van der Waals surface area contributed by atoms with E-state index in [1.54, 1.807) is 31.2 Å². The van der Waals surface area contributed by atoms with Gasteiger partial charge in [-0.2, -0.15) is 0 Å². The van der Waals surface area contributed by atoms with Crippen LogP contribution in [0.15, 0.2) is 28.8 Å². The normalized spacial score (nSPS) is 16.2. The molecule has 2 heterocycles. The summed E-state index contributed by atoms with van der Waals surface area (Å²) in [4.78, 5) is 24.2. The van der Waals surface area contributed by atoms with Gasteiger partial charge in [0.1, 0.15) is 11.3 Å². The quantitative estimate of drug-likeness (QED) is 0.827. The smallest absolute Gasteiger partial charge is 0.341 e. The Kier molecular flexibility index (Phi) is 5.58. The minimum atomic E-state index is -1.17. The third kappa shape index (κ3) is 3.89. The van der Waals surface area contributed by atoms with Gasteiger partial charge in [0.2, 0.25) is 5.91 Å². The molecule has 7 nitrogen and oxygen atoms in total. The number of aromatic carboxylic acids is 1. The van der Waals surface area contributed by atoms with E-state index in [0.29, 0.717) is 36.6 Å². The zero-order valence-electron chi connectivity index (χ0n) is 14.2. The number of aromatic nitrogens is 1. The molecule has 1 fully saturated rings. The van der Waals surface area contributed by atoms with Gasteiger partial charge in [0.05, 0.1) is 6.04 Å². The van der Waals surface area contributed by atoms with Gasteiger partial charge < -0.3 is 19.7 Å². The van der Waals surface area contributed by atoms with E-state index in [1.165, 1.54) is 0 Å². The molecular weight excluding hydrogens is 360 g/mol. The number of ether oxygens (including phenoxy) is 1. The van der Waals surface area contributed by atoms with Crippen molar-refractivity contribution in [2.45, 2.75) is 25.8 Å². The lowest BCUT2D eigenvalue weighted by atomic mass is 9.98. The molecule has 0 aliphatic carbocycles. The molecule has 0 radical (unpaired) electrons. The number of benzene rings is 1. The highest BCUT2D eigenvalue weighted by Crippen LogP contribution is 2.30. The van der Waals surface area contributed by atoms with Gasteiger partial charge in [-0.1, -0.05) is 28.9 Å². The Labute approximate surface area is 155 Å². The molecule has 0 saturated carbocycles. The highest BCUT2D eigenvalue weighted by atomic mass is 35.5. The molecule has 1 aromatic heterocycles.